The standard InChI is InChI=1S/C27H20N2O4S/c30-26(21-14-12-20(13-15-21)19-6-2-1-3-7-19)18-34-25-11-5-9-23(17-25)28-27(31)22-8-4-10-24(16-22)29(32)33/h1-17H,18H2,(H,28,31). The van der Waals surface area contributed by atoms with Gasteiger partial charge in [0.05, 0.1) is 10.7 Å². The van der Waals surface area contributed by atoms with Gasteiger partial charge in [-0.25, -0.2) is 0 Å². The molecule has 0 aliphatic heterocycles. The Bertz CT molecular complexity index is 1340. The normalized spacial score (nSPS) is 10.5. The zero-order chi connectivity index (χ0) is 23.9. The molecule has 0 spiro atoms. The molecule has 0 heterocycles. The summed E-state index contributed by atoms with van der Waals surface area (Å²) in [7, 11) is 0. The molecule has 0 aliphatic carbocycles. The largest absolute Gasteiger partial charge is 0.322 e. The first kappa shape index (κ1) is 22.9. The van der Waals surface area contributed by atoms with Crippen LogP contribution in [0.5, 0.6) is 0 Å². The monoisotopic (exact) mass is 468 g/mol. The number of thioether (sulfide) groups is 1. The van der Waals surface area contributed by atoms with Crippen molar-refractivity contribution in [3.8, 4) is 11.1 Å². The smallest absolute Gasteiger partial charge is 0.270 e. The predicted octanol–water partition coefficient (Wildman–Crippen LogP) is 6.49. The number of amides is 1. The lowest BCUT2D eigenvalue weighted by Gasteiger charge is -2.08. The molecule has 6 nitrogen and oxygen atoms in total. The molecule has 0 saturated heterocycles. The lowest BCUT2D eigenvalue weighted by molar-refractivity contribution is -0.384. The van der Waals surface area contributed by atoms with Crippen LogP contribution in [0.25, 0.3) is 11.1 Å². The highest BCUT2D eigenvalue weighted by Crippen LogP contribution is 2.25. The number of carbonyl (C=O) groups is 2. The number of hydrogen-bond donors (Lipinski definition) is 1. The third-order valence-corrected chi connectivity index (χ3v) is 6.09. The van der Waals surface area contributed by atoms with E-state index in [2.05, 4.69) is 5.32 Å². The van der Waals surface area contributed by atoms with Gasteiger partial charge in [-0.3, -0.25) is 19.7 Å². The Morgan fingerprint density at radius 2 is 1.47 bits per heavy atom. The van der Waals surface area contributed by atoms with Gasteiger partial charge in [0.1, 0.15) is 0 Å². The molecule has 0 fully saturated rings. The van der Waals surface area contributed by atoms with Crippen molar-refractivity contribution in [2.24, 2.45) is 0 Å². The minimum absolute atomic E-state index is 0.00986. The molecule has 0 atom stereocenters. The number of ketones is 1. The molecule has 1 amide bonds. The van der Waals surface area contributed by atoms with Crippen LogP contribution in [-0.2, 0) is 0 Å². The van der Waals surface area contributed by atoms with Crippen molar-refractivity contribution in [3.05, 3.63) is 124 Å². The third-order valence-electron chi connectivity index (χ3n) is 5.09. The number of anilines is 1. The summed E-state index contributed by atoms with van der Waals surface area (Å²) in [6, 6.07) is 30.2. The number of non-ortho nitro benzene ring substituents is 1. The Kier molecular flexibility index (Phi) is 7.15. The summed E-state index contributed by atoms with van der Waals surface area (Å²) < 4.78 is 0. The van der Waals surface area contributed by atoms with E-state index in [0.717, 1.165) is 16.0 Å². The first-order valence-corrected chi connectivity index (χ1v) is 11.5. The summed E-state index contributed by atoms with van der Waals surface area (Å²) in [5, 5.41) is 13.7. The van der Waals surface area contributed by atoms with Gasteiger partial charge in [-0.05, 0) is 35.4 Å². The number of carbonyl (C=O) groups excluding carboxylic acids is 2. The van der Waals surface area contributed by atoms with E-state index in [4.69, 9.17) is 0 Å². The SMILES string of the molecule is O=C(CSc1cccc(NC(=O)c2cccc([N+](=O)[O-])c2)c1)c1ccc(-c2ccccc2)cc1. The van der Waals surface area contributed by atoms with Crippen LogP contribution in [0.1, 0.15) is 20.7 Å². The van der Waals surface area contributed by atoms with Crippen LogP contribution in [0.2, 0.25) is 0 Å². The lowest BCUT2D eigenvalue weighted by atomic mass is 10.0. The topological polar surface area (TPSA) is 89.3 Å². The fourth-order valence-electron chi connectivity index (χ4n) is 3.34. The Morgan fingerprint density at radius 3 is 2.21 bits per heavy atom. The summed E-state index contributed by atoms with van der Waals surface area (Å²) in [5.74, 6) is -0.177. The highest BCUT2D eigenvalue weighted by atomic mass is 32.2. The zero-order valence-corrected chi connectivity index (χ0v) is 18.8. The van der Waals surface area contributed by atoms with E-state index >= 15 is 0 Å². The van der Waals surface area contributed by atoms with Crippen molar-refractivity contribution in [1.29, 1.82) is 0 Å². The van der Waals surface area contributed by atoms with Crippen LogP contribution >= 0.6 is 11.8 Å². The molecule has 0 unspecified atom stereocenters. The molecule has 7 heteroatoms. The first-order chi connectivity index (χ1) is 16.5. The number of Topliss-reactive ketones (excluding diaryl/α,β-unsaturated/α-hetero) is 1. The maximum atomic E-state index is 12.7. The second-order valence-corrected chi connectivity index (χ2v) is 8.49. The van der Waals surface area contributed by atoms with Crippen molar-refractivity contribution in [3.63, 3.8) is 0 Å². The molecule has 0 radical (unpaired) electrons. The Labute approximate surface area is 200 Å². The predicted molar refractivity (Wildman–Crippen MR) is 134 cm³/mol. The summed E-state index contributed by atoms with van der Waals surface area (Å²) in [4.78, 5) is 36.4. The molecule has 0 bridgehead atoms. The maximum absolute atomic E-state index is 12.7. The van der Waals surface area contributed by atoms with Crippen molar-refractivity contribution in [2.75, 3.05) is 11.1 Å². The first-order valence-electron chi connectivity index (χ1n) is 10.5. The number of benzene rings is 4. The summed E-state index contributed by atoms with van der Waals surface area (Å²) in [6.45, 7) is 0. The lowest BCUT2D eigenvalue weighted by Crippen LogP contribution is -2.12. The molecule has 4 rings (SSSR count). The molecule has 4 aromatic carbocycles. The Balaban J connectivity index is 1.37. The van der Waals surface area contributed by atoms with Gasteiger partial charge in [-0.2, -0.15) is 0 Å². The van der Waals surface area contributed by atoms with E-state index in [-0.39, 0.29) is 22.8 Å². The highest BCUT2D eigenvalue weighted by Gasteiger charge is 2.12. The number of nitrogens with zero attached hydrogens (tertiary/aromatic N) is 1. The number of rotatable bonds is 8. The molecule has 0 aromatic heterocycles. The van der Waals surface area contributed by atoms with E-state index in [1.54, 1.807) is 18.2 Å². The molecule has 4 aromatic rings. The fourth-order valence-corrected chi connectivity index (χ4v) is 4.19. The van der Waals surface area contributed by atoms with E-state index in [1.165, 1.54) is 36.0 Å². The minimum Gasteiger partial charge on any atom is -0.322 e. The van der Waals surface area contributed by atoms with Gasteiger partial charge in [0.2, 0.25) is 0 Å². The number of hydrogen-bond acceptors (Lipinski definition) is 5. The van der Waals surface area contributed by atoms with Crippen molar-refractivity contribution < 1.29 is 14.5 Å². The van der Waals surface area contributed by atoms with Gasteiger partial charge in [0.25, 0.3) is 11.6 Å². The molecule has 0 saturated carbocycles. The average Bonchev–Trinajstić information content (AvgIpc) is 2.88. The summed E-state index contributed by atoms with van der Waals surface area (Å²) in [6.07, 6.45) is 0. The van der Waals surface area contributed by atoms with Gasteiger partial charge < -0.3 is 5.32 Å². The Morgan fingerprint density at radius 1 is 0.765 bits per heavy atom. The third kappa shape index (κ3) is 5.76. The van der Waals surface area contributed by atoms with Crippen LogP contribution in [0.15, 0.2) is 108 Å². The quantitative estimate of drug-likeness (QED) is 0.138. The molecule has 168 valence electrons. The molecule has 1 N–H and O–H groups in total. The van der Waals surface area contributed by atoms with Gasteiger partial charge in [0.15, 0.2) is 5.78 Å². The average molecular weight is 469 g/mol. The number of nitro groups is 1. The Hall–Kier alpha value is -4.23. The maximum Gasteiger partial charge on any atom is 0.270 e. The fraction of sp³-hybridized carbons (Fsp3) is 0.0370. The van der Waals surface area contributed by atoms with Gasteiger partial charge in [-0.15, -0.1) is 11.8 Å². The van der Waals surface area contributed by atoms with Gasteiger partial charge in [-0.1, -0.05) is 66.7 Å². The van der Waals surface area contributed by atoms with Gasteiger partial charge in [0, 0.05) is 33.8 Å². The van der Waals surface area contributed by atoms with E-state index in [0.29, 0.717) is 11.3 Å². The summed E-state index contributed by atoms with van der Waals surface area (Å²) >= 11 is 1.38. The summed E-state index contributed by atoms with van der Waals surface area (Å²) in [5.41, 5.74) is 3.38. The molecule has 34 heavy (non-hydrogen) atoms. The van der Waals surface area contributed by atoms with Crippen LogP contribution in [0, 0.1) is 10.1 Å². The zero-order valence-electron chi connectivity index (χ0n) is 18.0. The van der Waals surface area contributed by atoms with E-state index < -0.39 is 10.8 Å². The highest BCUT2D eigenvalue weighted by molar-refractivity contribution is 8.00. The number of nitrogens with one attached hydrogen (secondary N) is 1. The van der Waals surface area contributed by atoms with E-state index in [9.17, 15) is 19.7 Å². The number of nitro benzene ring substituents is 1. The molecular weight excluding hydrogens is 448 g/mol. The second-order valence-electron chi connectivity index (χ2n) is 7.44. The second kappa shape index (κ2) is 10.6. The van der Waals surface area contributed by atoms with Crippen LogP contribution in [0.4, 0.5) is 11.4 Å². The van der Waals surface area contributed by atoms with Crippen LogP contribution in [-0.4, -0.2) is 22.4 Å². The van der Waals surface area contributed by atoms with Crippen LogP contribution in [0.3, 0.4) is 0 Å². The van der Waals surface area contributed by atoms with Crippen molar-refractivity contribution >= 4 is 34.8 Å². The van der Waals surface area contributed by atoms with Crippen molar-refractivity contribution in [2.45, 2.75) is 4.90 Å². The van der Waals surface area contributed by atoms with Crippen molar-refractivity contribution in [1.82, 2.24) is 0 Å². The van der Waals surface area contributed by atoms with Crippen LogP contribution < -0.4 is 5.32 Å². The minimum atomic E-state index is -0.541. The molecule has 0 aliphatic rings. The van der Waals surface area contributed by atoms with E-state index in [1.807, 2.05) is 60.7 Å². The molecular formula is C27H20N2O4S. The van der Waals surface area contributed by atoms with Gasteiger partial charge >= 0.3 is 0 Å².